The lowest BCUT2D eigenvalue weighted by Crippen LogP contribution is -2.44. The fourth-order valence-corrected chi connectivity index (χ4v) is 2.42. The molecule has 0 radical (unpaired) electrons. The Hall–Kier alpha value is -2.03. The first kappa shape index (κ1) is 18.3. The van der Waals surface area contributed by atoms with Gasteiger partial charge in [-0.15, -0.1) is 12.4 Å². The van der Waals surface area contributed by atoms with Crippen LogP contribution in [0.3, 0.4) is 0 Å². The van der Waals surface area contributed by atoms with Gasteiger partial charge in [0.05, 0.1) is 6.04 Å². The summed E-state index contributed by atoms with van der Waals surface area (Å²) in [4.78, 5) is 18.3. The lowest BCUT2D eigenvalue weighted by molar-refractivity contribution is 0.0907. The van der Waals surface area contributed by atoms with Gasteiger partial charge in [-0.25, -0.2) is 4.39 Å². The van der Waals surface area contributed by atoms with Gasteiger partial charge >= 0.3 is 11.8 Å². The van der Waals surface area contributed by atoms with Gasteiger partial charge in [0, 0.05) is 26.2 Å². The number of piperazine rings is 1. The van der Waals surface area contributed by atoms with E-state index < -0.39 is 5.91 Å². The van der Waals surface area contributed by atoms with E-state index in [0.717, 1.165) is 18.7 Å². The average molecular weight is 356 g/mol. The van der Waals surface area contributed by atoms with Crippen molar-refractivity contribution in [2.45, 2.75) is 12.6 Å². The maximum Gasteiger partial charge on any atom is 0.316 e. The third-order valence-corrected chi connectivity index (χ3v) is 3.81. The monoisotopic (exact) mass is 355 g/mol. The summed E-state index contributed by atoms with van der Waals surface area (Å²) in [6.45, 7) is 2.77. The normalized spacial score (nSPS) is 18.0. The van der Waals surface area contributed by atoms with E-state index in [1.165, 1.54) is 12.1 Å². The molecule has 0 aliphatic carbocycles. The van der Waals surface area contributed by atoms with E-state index in [9.17, 15) is 9.18 Å². The van der Waals surface area contributed by atoms with Crippen molar-refractivity contribution in [2.24, 2.45) is 0 Å². The Balaban J connectivity index is 0.00000208. The highest BCUT2D eigenvalue weighted by molar-refractivity contribution is 5.89. The van der Waals surface area contributed by atoms with Gasteiger partial charge in [0.1, 0.15) is 5.82 Å². The molecule has 1 aliphatic rings. The average Bonchev–Trinajstić information content (AvgIpc) is 3.04. The Labute approximate surface area is 145 Å². The van der Waals surface area contributed by atoms with Crippen molar-refractivity contribution in [1.82, 2.24) is 25.7 Å². The highest BCUT2D eigenvalue weighted by Crippen LogP contribution is 2.17. The predicted octanol–water partition coefficient (Wildman–Crippen LogP) is 1.14. The summed E-state index contributed by atoms with van der Waals surface area (Å²) in [5, 5.41) is 9.83. The molecule has 1 aromatic carbocycles. The molecule has 24 heavy (non-hydrogen) atoms. The Morgan fingerprint density at radius 3 is 2.92 bits per heavy atom. The van der Waals surface area contributed by atoms with Crippen molar-refractivity contribution in [3.8, 4) is 0 Å². The number of hydrogen-bond donors (Lipinski definition) is 2. The van der Waals surface area contributed by atoms with Gasteiger partial charge in [0.25, 0.3) is 0 Å². The first-order valence-corrected chi connectivity index (χ1v) is 7.40. The van der Waals surface area contributed by atoms with Crippen LogP contribution in [0.2, 0.25) is 0 Å². The van der Waals surface area contributed by atoms with Crippen LogP contribution in [-0.4, -0.2) is 47.6 Å². The third kappa shape index (κ3) is 4.28. The fraction of sp³-hybridized carbons (Fsp3) is 0.400. The smallest absolute Gasteiger partial charge is 0.316 e. The number of carbonyl (C=O) groups excluding carboxylic acids is 1. The second kappa shape index (κ2) is 8.18. The second-order valence-electron chi connectivity index (χ2n) is 5.47. The molecule has 9 heteroatoms. The van der Waals surface area contributed by atoms with Crippen LogP contribution in [0.4, 0.5) is 4.39 Å². The molecule has 2 aromatic rings. The molecule has 0 saturated carbocycles. The van der Waals surface area contributed by atoms with Crippen LogP contribution in [-0.2, 0) is 6.54 Å². The maximum absolute atomic E-state index is 12.8. The number of rotatable bonds is 4. The second-order valence-corrected chi connectivity index (χ2v) is 5.47. The summed E-state index contributed by atoms with van der Waals surface area (Å²) in [5.74, 6) is -0.334. The number of benzene rings is 1. The fourth-order valence-electron chi connectivity index (χ4n) is 2.42. The van der Waals surface area contributed by atoms with Crippen molar-refractivity contribution in [3.05, 3.63) is 47.4 Å². The molecule has 0 spiro atoms. The molecule has 2 heterocycles. The predicted molar refractivity (Wildman–Crippen MR) is 87.4 cm³/mol. The molecule has 1 aliphatic heterocycles. The maximum atomic E-state index is 12.8. The van der Waals surface area contributed by atoms with Crippen LogP contribution in [0.15, 0.2) is 28.8 Å². The van der Waals surface area contributed by atoms with Gasteiger partial charge in [-0.2, -0.15) is 4.98 Å². The highest BCUT2D eigenvalue weighted by atomic mass is 35.5. The van der Waals surface area contributed by atoms with E-state index >= 15 is 0 Å². The standard InChI is InChI=1S/C15H18FN5O2.ClH/c1-21-7-6-17-9-12(21)13-19-15(23-20-13)14(22)18-8-10-2-4-11(16)5-3-10;/h2-5,12,17H,6-9H2,1H3,(H,18,22);1H. The number of likely N-dealkylation sites (N-methyl/N-ethyl adjacent to an activating group) is 1. The van der Waals surface area contributed by atoms with Gasteiger partial charge in [-0.05, 0) is 24.7 Å². The summed E-state index contributed by atoms with van der Waals surface area (Å²) in [6, 6.07) is 5.90. The Morgan fingerprint density at radius 1 is 1.46 bits per heavy atom. The summed E-state index contributed by atoms with van der Waals surface area (Å²) in [6.07, 6.45) is 0. The molecule has 1 aromatic heterocycles. The van der Waals surface area contributed by atoms with E-state index in [1.54, 1.807) is 12.1 Å². The zero-order valence-electron chi connectivity index (χ0n) is 13.2. The minimum atomic E-state index is -0.445. The van der Waals surface area contributed by atoms with Crippen LogP contribution in [0, 0.1) is 5.82 Å². The molecular weight excluding hydrogens is 337 g/mol. The molecule has 1 fully saturated rings. The van der Waals surface area contributed by atoms with E-state index in [-0.39, 0.29) is 36.7 Å². The van der Waals surface area contributed by atoms with E-state index in [4.69, 9.17) is 4.52 Å². The largest absolute Gasteiger partial charge is 0.344 e. The number of carbonyl (C=O) groups is 1. The molecule has 2 N–H and O–H groups in total. The number of hydrogen-bond acceptors (Lipinski definition) is 6. The number of amides is 1. The van der Waals surface area contributed by atoms with Crippen LogP contribution in [0.5, 0.6) is 0 Å². The van der Waals surface area contributed by atoms with Crippen LogP contribution < -0.4 is 10.6 Å². The zero-order valence-corrected chi connectivity index (χ0v) is 14.0. The summed E-state index contributed by atoms with van der Waals surface area (Å²) < 4.78 is 17.9. The van der Waals surface area contributed by atoms with Crippen LogP contribution >= 0.6 is 12.4 Å². The molecule has 1 unspecified atom stereocenters. The first-order valence-electron chi connectivity index (χ1n) is 7.40. The molecular formula is C15H19ClFN5O2. The summed E-state index contributed by atoms with van der Waals surface area (Å²) in [5.41, 5.74) is 0.788. The number of halogens is 2. The Bertz CT molecular complexity index is 679. The van der Waals surface area contributed by atoms with Gasteiger partial charge in [0.15, 0.2) is 5.82 Å². The minimum absolute atomic E-state index is 0. The molecule has 3 rings (SSSR count). The highest BCUT2D eigenvalue weighted by Gasteiger charge is 2.26. The SMILES string of the molecule is CN1CCNCC1c1noc(C(=O)NCc2ccc(F)cc2)n1.Cl. The topological polar surface area (TPSA) is 83.3 Å². The van der Waals surface area contributed by atoms with Crippen LogP contribution in [0.25, 0.3) is 0 Å². The van der Waals surface area contributed by atoms with E-state index in [1.807, 2.05) is 7.05 Å². The van der Waals surface area contributed by atoms with Crippen molar-refractivity contribution in [3.63, 3.8) is 0 Å². The number of nitrogens with zero attached hydrogens (tertiary/aromatic N) is 3. The molecule has 130 valence electrons. The van der Waals surface area contributed by atoms with Crippen molar-refractivity contribution >= 4 is 18.3 Å². The van der Waals surface area contributed by atoms with Gasteiger partial charge < -0.3 is 15.2 Å². The van der Waals surface area contributed by atoms with Gasteiger partial charge in [0.2, 0.25) is 0 Å². The molecule has 1 atom stereocenters. The lowest BCUT2D eigenvalue weighted by atomic mass is 10.2. The zero-order chi connectivity index (χ0) is 16.2. The van der Waals surface area contributed by atoms with Gasteiger partial charge in [-0.1, -0.05) is 17.3 Å². The van der Waals surface area contributed by atoms with Crippen LogP contribution in [0.1, 0.15) is 28.1 Å². The summed E-state index contributed by atoms with van der Waals surface area (Å²) >= 11 is 0. The third-order valence-electron chi connectivity index (χ3n) is 3.81. The molecule has 7 nitrogen and oxygen atoms in total. The van der Waals surface area contributed by atoms with Crippen molar-refractivity contribution < 1.29 is 13.7 Å². The van der Waals surface area contributed by atoms with E-state index in [0.29, 0.717) is 12.4 Å². The number of aromatic nitrogens is 2. The van der Waals surface area contributed by atoms with Crippen molar-refractivity contribution in [2.75, 3.05) is 26.7 Å². The van der Waals surface area contributed by atoms with Crippen molar-refractivity contribution in [1.29, 1.82) is 0 Å². The quantitative estimate of drug-likeness (QED) is 0.855. The first-order chi connectivity index (χ1) is 11.1. The van der Waals surface area contributed by atoms with E-state index in [2.05, 4.69) is 25.7 Å². The Morgan fingerprint density at radius 2 is 2.21 bits per heavy atom. The Kier molecular flexibility index (Phi) is 6.24. The lowest BCUT2D eigenvalue weighted by Gasteiger charge is -2.30. The molecule has 1 amide bonds. The summed E-state index contributed by atoms with van der Waals surface area (Å²) in [7, 11) is 1.98. The minimum Gasteiger partial charge on any atom is -0.344 e. The number of nitrogens with one attached hydrogen (secondary N) is 2. The van der Waals surface area contributed by atoms with Gasteiger partial charge in [-0.3, -0.25) is 9.69 Å². The molecule has 0 bridgehead atoms. The molecule has 1 saturated heterocycles.